The van der Waals surface area contributed by atoms with Crippen molar-refractivity contribution in [2.45, 2.75) is 86.4 Å². The third kappa shape index (κ3) is 7.77. The Labute approximate surface area is 180 Å². The fourth-order valence-corrected chi connectivity index (χ4v) is 5.60. The lowest BCUT2D eigenvalue weighted by Gasteiger charge is -2.39. The van der Waals surface area contributed by atoms with Crippen molar-refractivity contribution in [1.82, 2.24) is 0 Å². The van der Waals surface area contributed by atoms with Gasteiger partial charge in [-0.15, -0.1) is 0 Å². The van der Waals surface area contributed by atoms with E-state index in [2.05, 4.69) is 102 Å². The van der Waals surface area contributed by atoms with E-state index in [0.29, 0.717) is 0 Å². The van der Waals surface area contributed by atoms with Crippen LogP contribution in [0.5, 0.6) is 0 Å². The summed E-state index contributed by atoms with van der Waals surface area (Å²) in [5.74, 6) is 0. The predicted octanol–water partition coefficient (Wildman–Crippen LogP) is 7.33. The van der Waals surface area contributed by atoms with E-state index in [1.807, 2.05) is 0 Å². The highest BCUT2D eigenvalue weighted by Gasteiger charge is 2.36. The lowest BCUT2D eigenvalue weighted by atomic mass is 9.77. The average Bonchev–Trinajstić information content (AvgIpc) is 2.48. The molecule has 2 radical (unpaired) electrons. The van der Waals surface area contributed by atoms with Gasteiger partial charge in [-0.2, -0.15) is 0 Å². The van der Waals surface area contributed by atoms with Gasteiger partial charge in [-0.3, -0.25) is 0 Å². The molecule has 0 saturated heterocycles. The Hall–Kier alpha value is 0.0538. The van der Waals surface area contributed by atoms with Crippen LogP contribution in [0.3, 0.4) is 0 Å². The molecule has 154 valence electrons. The first kappa shape index (κ1) is 25.1. The molecule has 0 amide bonds. The second-order valence-corrected chi connectivity index (χ2v) is 14.8. The summed E-state index contributed by atoms with van der Waals surface area (Å²) in [4.78, 5) is 0. The Morgan fingerprint density at radius 2 is 1.26 bits per heavy atom. The Morgan fingerprint density at radius 3 is 1.63 bits per heavy atom. The van der Waals surface area contributed by atoms with Crippen LogP contribution < -0.4 is 0 Å². The van der Waals surface area contributed by atoms with Crippen LogP contribution in [0, 0.1) is 10.8 Å². The van der Waals surface area contributed by atoms with Crippen LogP contribution in [0.25, 0.3) is 0 Å². The summed E-state index contributed by atoms with van der Waals surface area (Å²) in [5.41, 5.74) is 4.03. The van der Waals surface area contributed by atoms with E-state index in [1.165, 1.54) is 16.7 Å². The normalized spacial score (nSPS) is 15.4. The number of rotatable bonds is 8. The molecule has 2 unspecified atom stereocenters. The minimum atomic E-state index is -0.831. The number of hydrogen-bond donors (Lipinski definition) is 0. The minimum Gasteiger partial charge on any atom is -0.410 e. The van der Waals surface area contributed by atoms with Gasteiger partial charge in [0.05, 0.1) is 12.2 Å². The number of alkyl halides is 1. The number of hydrogen-bond acceptors (Lipinski definition) is 2. The Morgan fingerprint density at radius 1 is 0.815 bits per heavy atom. The van der Waals surface area contributed by atoms with E-state index in [-0.39, 0.29) is 23.0 Å². The Bertz CT molecular complexity index is 589. The molecule has 0 aliphatic heterocycles. The SMILES string of the molecule is C[Si](C)OC(c1ccc(CCBr)cc1C(O[Si](C)C)C(C)(C)C)C(C)(C)C. The van der Waals surface area contributed by atoms with E-state index < -0.39 is 18.1 Å². The van der Waals surface area contributed by atoms with E-state index in [0.717, 1.165) is 11.8 Å². The molecule has 0 aliphatic rings. The van der Waals surface area contributed by atoms with Gasteiger partial charge >= 0.3 is 0 Å². The molecular formula is C22H39BrO2Si2. The summed E-state index contributed by atoms with van der Waals surface area (Å²) in [6.45, 7) is 22.6. The maximum absolute atomic E-state index is 6.59. The molecule has 5 heteroatoms. The molecule has 0 aliphatic carbocycles. The smallest absolute Gasteiger partial charge is 0.205 e. The quantitative estimate of drug-likeness (QED) is 0.292. The van der Waals surface area contributed by atoms with Gasteiger partial charge in [0, 0.05) is 5.33 Å². The molecule has 1 rings (SSSR count). The molecule has 2 nitrogen and oxygen atoms in total. The molecule has 0 aromatic heterocycles. The van der Waals surface area contributed by atoms with Crippen LogP contribution in [-0.2, 0) is 15.3 Å². The standard InChI is InChI=1S/C22H39BrO2Si2/c1-21(2,3)19(24-26(7)8)17-12-11-16(13-14-23)15-18(17)20(22(4,5)6)25-27(9)10/h11-12,15,19-20H,13-14H2,1-10H3. The Balaban J connectivity index is 3.62. The summed E-state index contributed by atoms with van der Waals surface area (Å²) >= 11 is 3.59. The lowest BCUT2D eigenvalue weighted by molar-refractivity contribution is 0.0655. The van der Waals surface area contributed by atoms with Gasteiger partial charge in [0.25, 0.3) is 0 Å². The molecule has 0 bridgehead atoms. The molecule has 2 atom stereocenters. The molecule has 0 saturated carbocycles. The highest BCUT2D eigenvalue weighted by molar-refractivity contribution is 9.09. The second kappa shape index (κ2) is 10.2. The second-order valence-electron chi connectivity index (χ2n) is 9.95. The van der Waals surface area contributed by atoms with Gasteiger partial charge in [-0.1, -0.05) is 75.7 Å². The average molecular weight is 472 g/mol. The first-order valence-corrected chi connectivity index (χ1v) is 15.8. The van der Waals surface area contributed by atoms with Gasteiger partial charge in [-0.05, 0) is 60.1 Å². The monoisotopic (exact) mass is 470 g/mol. The van der Waals surface area contributed by atoms with Crippen LogP contribution in [0.1, 0.15) is 70.4 Å². The summed E-state index contributed by atoms with van der Waals surface area (Å²) < 4.78 is 13.1. The van der Waals surface area contributed by atoms with Crippen molar-refractivity contribution in [3.8, 4) is 0 Å². The fraction of sp³-hybridized carbons (Fsp3) is 0.727. The van der Waals surface area contributed by atoms with E-state index in [4.69, 9.17) is 8.85 Å². The molecule has 1 aromatic carbocycles. The zero-order chi connectivity index (χ0) is 21.0. The molecule has 0 spiro atoms. The molecular weight excluding hydrogens is 432 g/mol. The van der Waals surface area contributed by atoms with Crippen molar-refractivity contribution in [1.29, 1.82) is 0 Å². The van der Waals surface area contributed by atoms with Gasteiger partial charge in [0.1, 0.15) is 0 Å². The van der Waals surface area contributed by atoms with Crippen molar-refractivity contribution >= 4 is 34.0 Å². The van der Waals surface area contributed by atoms with E-state index in [1.54, 1.807) is 0 Å². The third-order valence-corrected chi connectivity index (χ3v) is 6.19. The summed E-state index contributed by atoms with van der Waals surface area (Å²) in [6, 6.07) is 6.94. The maximum atomic E-state index is 6.59. The third-order valence-electron chi connectivity index (χ3n) is 4.38. The number of halogens is 1. The van der Waals surface area contributed by atoms with E-state index in [9.17, 15) is 0 Å². The number of aryl methyl sites for hydroxylation is 1. The molecule has 0 fully saturated rings. The summed E-state index contributed by atoms with van der Waals surface area (Å²) in [5, 5.41) is 0.972. The molecule has 27 heavy (non-hydrogen) atoms. The number of benzene rings is 1. The van der Waals surface area contributed by atoms with Crippen LogP contribution in [0.15, 0.2) is 18.2 Å². The fourth-order valence-electron chi connectivity index (χ4n) is 3.24. The zero-order valence-electron chi connectivity index (χ0n) is 19.0. The maximum Gasteiger partial charge on any atom is 0.205 e. The highest BCUT2D eigenvalue weighted by Crippen LogP contribution is 2.45. The first-order chi connectivity index (χ1) is 12.3. The van der Waals surface area contributed by atoms with Crippen molar-refractivity contribution in [2.75, 3.05) is 5.33 Å². The zero-order valence-corrected chi connectivity index (χ0v) is 22.6. The molecule has 0 N–H and O–H groups in total. The van der Waals surface area contributed by atoms with Crippen LogP contribution >= 0.6 is 15.9 Å². The van der Waals surface area contributed by atoms with Crippen molar-refractivity contribution in [3.63, 3.8) is 0 Å². The Kier molecular flexibility index (Phi) is 9.47. The van der Waals surface area contributed by atoms with Crippen molar-refractivity contribution < 1.29 is 8.85 Å². The van der Waals surface area contributed by atoms with Crippen LogP contribution in [0.2, 0.25) is 26.2 Å². The lowest BCUT2D eigenvalue weighted by Crippen LogP contribution is -2.31. The highest BCUT2D eigenvalue weighted by atomic mass is 79.9. The van der Waals surface area contributed by atoms with Crippen molar-refractivity contribution in [2.24, 2.45) is 10.8 Å². The van der Waals surface area contributed by atoms with Gasteiger partial charge in [-0.25, -0.2) is 0 Å². The van der Waals surface area contributed by atoms with Crippen LogP contribution in [0.4, 0.5) is 0 Å². The summed E-state index contributed by atoms with van der Waals surface area (Å²) in [6.07, 6.45) is 1.18. The topological polar surface area (TPSA) is 18.5 Å². The minimum absolute atomic E-state index is 0.0261. The van der Waals surface area contributed by atoms with Gasteiger partial charge < -0.3 is 8.85 Å². The van der Waals surface area contributed by atoms with Gasteiger partial charge in [0.2, 0.25) is 18.1 Å². The largest absolute Gasteiger partial charge is 0.410 e. The van der Waals surface area contributed by atoms with Crippen LogP contribution in [-0.4, -0.2) is 23.4 Å². The van der Waals surface area contributed by atoms with E-state index >= 15 is 0 Å². The summed E-state index contributed by atoms with van der Waals surface area (Å²) in [7, 11) is -1.66. The van der Waals surface area contributed by atoms with Crippen molar-refractivity contribution in [3.05, 3.63) is 34.9 Å². The van der Waals surface area contributed by atoms with Gasteiger partial charge in [0.15, 0.2) is 0 Å². The molecule has 1 aromatic rings. The molecule has 0 heterocycles. The predicted molar refractivity (Wildman–Crippen MR) is 125 cm³/mol. The first-order valence-electron chi connectivity index (χ1n) is 9.89.